The summed E-state index contributed by atoms with van der Waals surface area (Å²) in [6, 6.07) is 10.3. The number of thioether (sulfide) groups is 1. The van der Waals surface area contributed by atoms with E-state index in [1.807, 2.05) is 37.2 Å². The smallest absolute Gasteiger partial charge is 0.184 e. The van der Waals surface area contributed by atoms with Gasteiger partial charge in [-0.2, -0.15) is 5.10 Å². The van der Waals surface area contributed by atoms with Crippen LogP contribution in [0.3, 0.4) is 0 Å². The van der Waals surface area contributed by atoms with E-state index in [1.165, 1.54) is 5.56 Å². The van der Waals surface area contributed by atoms with Crippen LogP contribution in [-0.4, -0.2) is 24.2 Å². The van der Waals surface area contributed by atoms with Gasteiger partial charge in [0, 0.05) is 14.1 Å². The van der Waals surface area contributed by atoms with E-state index >= 15 is 0 Å². The molecule has 1 N–H and O–H groups in total. The van der Waals surface area contributed by atoms with Crippen molar-refractivity contribution in [3.63, 3.8) is 0 Å². The van der Waals surface area contributed by atoms with Gasteiger partial charge in [0.1, 0.15) is 5.37 Å². The molecule has 0 saturated heterocycles. The van der Waals surface area contributed by atoms with E-state index in [9.17, 15) is 0 Å². The third-order valence-electron chi connectivity index (χ3n) is 1.99. The summed E-state index contributed by atoms with van der Waals surface area (Å²) in [6.07, 6.45) is 0. The summed E-state index contributed by atoms with van der Waals surface area (Å²) >= 11 is 1.74. The maximum atomic E-state index is 4.25. The number of nitrogens with zero attached hydrogens (tertiary/aromatic N) is 2. The first-order valence-corrected chi connectivity index (χ1v) is 5.37. The van der Waals surface area contributed by atoms with Crippen LogP contribution in [0.15, 0.2) is 35.4 Å². The molecule has 0 aromatic heterocycles. The Balaban J connectivity index is 2.06. The van der Waals surface area contributed by atoms with E-state index in [0.717, 1.165) is 5.17 Å². The van der Waals surface area contributed by atoms with Crippen molar-refractivity contribution >= 4 is 16.9 Å². The number of benzene rings is 1. The number of amidine groups is 1. The second-order valence-electron chi connectivity index (χ2n) is 3.33. The van der Waals surface area contributed by atoms with E-state index in [-0.39, 0.29) is 5.37 Å². The van der Waals surface area contributed by atoms with Crippen molar-refractivity contribution in [2.24, 2.45) is 5.10 Å². The highest BCUT2D eigenvalue weighted by Gasteiger charge is 2.21. The molecule has 0 bridgehead atoms. The predicted molar refractivity (Wildman–Crippen MR) is 61.0 cm³/mol. The minimum atomic E-state index is 0.258. The van der Waals surface area contributed by atoms with Gasteiger partial charge < -0.3 is 4.90 Å². The first-order valence-electron chi connectivity index (χ1n) is 4.49. The largest absolute Gasteiger partial charge is 0.356 e. The zero-order chi connectivity index (χ0) is 9.97. The lowest BCUT2D eigenvalue weighted by Crippen LogP contribution is -2.16. The molecule has 1 aromatic carbocycles. The van der Waals surface area contributed by atoms with Gasteiger partial charge in [0.05, 0.1) is 0 Å². The Hall–Kier alpha value is -1.16. The fraction of sp³-hybridized carbons (Fsp3) is 0.300. The van der Waals surface area contributed by atoms with Gasteiger partial charge >= 0.3 is 0 Å². The van der Waals surface area contributed by atoms with Gasteiger partial charge in [-0.15, -0.1) is 0 Å². The lowest BCUT2D eigenvalue weighted by atomic mass is 10.2. The molecular weight excluding hydrogens is 194 g/mol. The molecule has 3 nitrogen and oxygen atoms in total. The summed E-state index contributed by atoms with van der Waals surface area (Å²) in [7, 11) is 4.00. The Morgan fingerprint density at radius 3 is 2.57 bits per heavy atom. The molecule has 1 unspecified atom stereocenters. The zero-order valence-corrected chi connectivity index (χ0v) is 9.08. The molecule has 0 aliphatic carbocycles. The third-order valence-corrected chi connectivity index (χ3v) is 3.27. The monoisotopic (exact) mass is 207 g/mol. The summed E-state index contributed by atoms with van der Waals surface area (Å²) in [6.45, 7) is 0. The fourth-order valence-electron chi connectivity index (χ4n) is 1.25. The van der Waals surface area contributed by atoms with E-state index in [2.05, 4.69) is 22.7 Å². The molecule has 1 aliphatic rings. The molecule has 14 heavy (non-hydrogen) atoms. The van der Waals surface area contributed by atoms with Crippen LogP contribution in [0, 0.1) is 0 Å². The van der Waals surface area contributed by atoms with Crippen LogP contribution < -0.4 is 5.43 Å². The summed E-state index contributed by atoms with van der Waals surface area (Å²) < 4.78 is 0. The predicted octanol–water partition coefficient (Wildman–Crippen LogP) is 1.85. The Morgan fingerprint density at radius 2 is 2.00 bits per heavy atom. The topological polar surface area (TPSA) is 27.6 Å². The Labute approximate surface area is 88.2 Å². The van der Waals surface area contributed by atoms with Crippen molar-refractivity contribution in [1.82, 2.24) is 10.3 Å². The van der Waals surface area contributed by atoms with Gasteiger partial charge in [0.15, 0.2) is 5.17 Å². The van der Waals surface area contributed by atoms with Crippen LogP contribution in [-0.2, 0) is 0 Å². The van der Waals surface area contributed by atoms with Crippen molar-refractivity contribution in [3.05, 3.63) is 35.9 Å². The first-order chi connectivity index (χ1) is 6.77. The van der Waals surface area contributed by atoms with Crippen molar-refractivity contribution in [2.75, 3.05) is 14.1 Å². The molecule has 4 heteroatoms. The van der Waals surface area contributed by atoms with Crippen LogP contribution in [0.25, 0.3) is 0 Å². The van der Waals surface area contributed by atoms with Crippen molar-refractivity contribution in [2.45, 2.75) is 5.37 Å². The standard InChI is InChI=1S/C10H13N3S/c1-13(2)10-12-11-9(14-10)8-6-4-3-5-7-8/h3-7,9,11H,1-2H3. The average Bonchev–Trinajstić information content (AvgIpc) is 2.68. The molecule has 74 valence electrons. The first kappa shape index (κ1) is 9.40. The molecule has 0 amide bonds. The Morgan fingerprint density at radius 1 is 1.29 bits per heavy atom. The molecule has 0 spiro atoms. The van der Waals surface area contributed by atoms with Crippen LogP contribution in [0.1, 0.15) is 10.9 Å². The molecule has 0 saturated carbocycles. The SMILES string of the molecule is CN(C)C1=NNC(c2ccccc2)S1. The minimum absolute atomic E-state index is 0.258. The Bertz CT molecular complexity index is 334. The lowest BCUT2D eigenvalue weighted by Gasteiger charge is -2.11. The second kappa shape index (κ2) is 3.92. The number of rotatable bonds is 1. The minimum Gasteiger partial charge on any atom is -0.356 e. The zero-order valence-electron chi connectivity index (χ0n) is 8.27. The van der Waals surface area contributed by atoms with Gasteiger partial charge in [-0.3, -0.25) is 5.43 Å². The highest BCUT2D eigenvalue weighted by atomic mass is 32.2. The quantitative estimate of drug-likeness (QED) is 0.761. The number of hydrogen-bond donors (Lipinski definition) is 1. The summed E-state index contributed by atoms with van der Waals surface area (Å²) in [4.78, 5) is 2.01. The summed E-state index contributed by atoms with van der Waals surface area (Å²) in [5.41, 5.74) is 4.38. The van der Waals surface area contributed by atoms with Gasteiger partial charge in [-0.05, 0) is 5.56 Å². The van der Waals surface area contributed by atoms with Crippen LogP contribution >= 0.6 is 11.8 Å². The maximum Gasteiger partial charge on any atom is 0.184 e. The fourth-order valence-corrected chi connectivity index (χ4v) is 2.17. The highest BCUT2D eigenvalue weighted by Crippen LogP contribution is 2.31. The van der Waals surface area contributed by atoms with Crippen LogP contribution in [0.5, 0.6) is 0 Å². The van der Waals surface area contributed by atoms with Crippen LogP contribution in [0.2, 0.25) is 0 Å². The third kappa shape index (κ3) is 1.85. The van der Waals surface area contributed by atoms with Crippen molar-refractivity contribution in [1.29, 1.82) is 0 Å². The normalized spacial score (nSPS) is 20.1. The number of hydrogen-bond acceptors (Lipinski definition) is 4. The molecule has 0 fully saturated rings. The molecular formula is C10H13N3S. The lowest BCUT2D eigenvalue weighted by molar-refractivity contribution is 0.625. The summed E-state index contributed by atoms with van der Waals surface area (Å²) in [5, 5.41) is 5.53. The van der Waals surface area contributed by atoms with Gasteiger partial charge in [0.2, 0.25) is 0 Å². The molecule has 1 heterocycles. The van der Waals surface area contributed by atoms with E-state index in [0.29, 0.717) is 0 Å². The van der Waals surface area contributed by atoms with Gasteiger partial charge in [-0.25, -0.2) is 0 Å². The van der Waals surface area contributed by atoms with E-state index in [4.69, 9.17) is 0 Å². The Kier molecular flexibility index (Phi) is 2.63. The number of nitrogens with one attached hydrogen (secondary N) is 1. The molecule has 0 radical (unpaired) electrons. The second-order valence-corrected chi connectivity index (χ2v) is 4.40. The summed E-state index contributed by atoms with van der Waals surface area (Å²) in [5.74, 6) is 0. The molecule has 1 aromatic rings. The number of hydrazone groups is 1. The molecule has 1 atom stereocenters. The van der Waals surface area contributed by atoms with Crippen LogP contribution in [0.4, 0.5) is 0 Å². The van der Waals surface area contributed by atoms with Crippen molar-refractivity contribution in [3.8, 4) is 0 Å². The van der Waals surface area contributed by atoms with E-state index in [1.54, 1.807) is 11.8 Å². The van der Waals surface area contributed by atoms with Gasteiger partial charge in [-0.1, -0.05) is 42.1 Å². The van der Waals surface area contributed by atoms with Gasteiger partial charge in [0.25, 0.3) is 0 Å². The molecule has 2 rings (SSSR count). The highest BCUT2D eigenvalue weighted by molar-refractivity contribution is 8.14. The average molecular weight is 207 g/mol. The maximum absolute atomic E-state index is 4.25. The van der Waals surface area contributed by atoms with E-state index < -0.39 is 0 Å². The molecule has 1 aliphatic heterocycles. The van der Waals surface area contributed by atoms with Crippen molar-refractivity contribution < 1.29 is 0 Å².